The first-order chi connectivity index (χ1) is 9.77. The van der Waals surface area contributed by atoms with E-state index in [-0.39, 0.29) is 15.6 Å². The van der Waals surface area contributed by atoms with E-state index in [1.54, 1.807) is 12.3 Å². The van der Waals surface area contributed by atoms with Gasteiger partial charge in [-0.2, -0.15) is 0 Å². The summed E-state index contributed by atoms with van der Waals surface area (Å²) in [5, 5.41) is 7.63. The van der Waals surface area contributed by atoms with Crippen molar-refractivity contribution in [3.63, 3.8) is 0 Å². The predicted molar refractivity (Wildman–Crippen MR) is 82.7 cm³/mol. The molecule has 21 heavy (non-hydrogen) atoms. The lowest BCUT2D eigenvalue weighted by atomic mass is 10.2. The van der Waals surface area contributed by atoms with Gasteiger partial charge in [-0.15, -0.1) is 0 Å². The van der Waals surface area contributed by atoms with Crippen LogP contribution in [-0.2, 0) is 10.0 Å². The first kappa shape index (κ1) is 15.9. The molecule has 9 heteroatoms. The first-order valence-electron chi connectivity index (χ1n) is 5.51. The van der Waals surface area contributed by atoms with Crippen LogP contribution in [0.3, 0.4) is 0 Å². The van der Waals surface area contributed by atoms with Gasteiger partial charge in [0.05, 0.1) is 21.2 Å². The Bertz CT molecular complexity index is 811. The standard InChI is InChI=1S/C12H9BrClN3O3S/c13-8-3-7(5-16-6-8)12(18)17-11-2-1-9(4-10(11)14)21(15,19)20/h1-6H,(H,17,18)(H2,15,19,20). The van der Waals surface area contributed by atoms with Crippen molar-refractivity contribution in [3.05, 3.63) is 51.7 Å². The zero-order valence-corrected chi connectivity index (χ0v) is 13.5. The number of pyridine rings is 1. The quantitative estimate of drug-likeness (QED) is 0.840. The van der Waals surface area contributed by atoms with Crippen molar-refractivity contribution in [2.45, 2.75) is 4.90 Å². The molecule has 0 aliphatic heterocycles. The van der Waals surface area contributed by atoms with Gasteiger partial charge < -0.3 is 5.32 Å². The molecule has 0 atom stereocenters. The van der Waals surface area contributed by atoms with E-state index < -0.39 is 15.9 Å². The Morgan fingerprint density at radius 2 is 2.00 bits per heavy atom. The number of anilines is 1. The van der Waals surface area contributed by atoms with E-state index in [2.05, 4.69) is 26.2 Å². The lowest BCUT2D eigenvalue weighted by molar-refractivity contribution is 0.102. The Balaban J connectivity index is 2.26. The van der Waals surface area contributed by atoms with Crippen LogP contribution in [0.4, 0.5) is 5.69 Å². The van der Waals surface area contributed by atoms with Gasteiger partial charge in [0.1, 0.15) is 0 Å². The minimum atomic E-state index is -3.84. The molecule has 2 aromatic rings. The van der Waals surface area contributed by atoms with Crippen LogP contribution in [0.5, 0.6) is 0 Å². The third-order valence-electron chi connectivity index (χ3n) is 2.48. The van der Waals surface area contributed by atoms with E-state index in [1.165, 1.54) is 24.4 Å². The van der Waals surface area contributed by atoms with Gasteiger partial charge in [0.15, 0.2) is 0 Å². The van der Waals surface area contributed by atoms with Crippen LogP contribution in [-0.4, -0.2) is 19.3 Å². The molecule has 1 amide bonds. The zero-order chi connectivity index (χ0) is 15.6. The molecule has 0 saturated heterocycles. The summed E-state index contributed by atoms with van der Waals surface area (Å²) in [5.74, 6) is -0.422. The minimum absolute atomic E-state index is 0.0674. The molecule has 0 unspecified atom stereocenters. The maximum atomic E-state index is 12.0. The second-order valence-corrected chi connectivity index (χ2v) is 6.92. The van der Waals surface area contributed by atoms with E-state index in [0.717, 1.165) is 0 Å². The normalized spacial score (nSPS) is 11.2. The molecule has 110 valence electrons. The van der Waals surface area contributed by atoms with Crippen molar-refractivity contribution < 1.29 is 13.2 Å². The number of halogens is 2. The molecule has 0 radical (unpaired) electrons. The Kier molecular flexibility index (Phi) is 4.62. The Morgan fingerprint density at radius 3 is 2.57 bits per heavy atom. The van der Waals surface area contributed by atoms with E-state index >= 15 is 0 Å². The lowest BCUT2D eigenvalue weighted by Crippen LogP contribution is -2.14. The largest absolute Gasteiger partial charge is 0.321 e. The highest BCUT2D eigenvalue weighted by atomic mass is 79.9. The van der Waals surface area contributed by atoms with Crippen LogP contribution >= 0.6 is 27.5 Å². The van der Waals surface area contributed by atoms with Gasteiger partial charge in [-0.05, 0) is 40.2 Å². The predicted octanol–water partition coefficient (Wildman–Crippen LogP) is 2.40. The van der Waals surface area contributed by atoms with Crippen molar-refractivity contribution in [1.29, 1.82) is 0 Å². The number of rotatable bonds is 3. The zero-order valence-electron chi connectivity index (χ0n) is 10.4. The maximum Gasteiger partial charge on any atom is 0.257 e. The molecule has 0 fully saturated rings. The number of primary sulfonamides is 1. The maximum absolute atomic E-state index is 12.0. The number of hydrogen-bond acceptors (Lipinski definition) is 4. The molecule has 2 rings (SSSR count). The number of aromatic nitrogens is 1. The summed E-state index contributed by atoms with van der Waals surface area (Å²) in [6.07, 6.45) is 2.94. The van der Waals surface area contributed by atoms with Crippen LogP contribution in [0.2, 0.25) is 5.02 Å². The fourth-order valence-corrected chi connectivity index (χ4v) is 2.70. The highest BCUT2D eigenvalue weighted by molar-refractivity contribution is 9.10. The van der Waals surface area contributed by atoms with Crippen molar-refractivity contribution in [2.75, 3.05) is 5.32 Å². The number of benzene rings is 1. The average molecular weight is 391 g/mol. The fourth-order valence-electron chi connectivity index (χ4n) is 1.50. The van der Waals surface area contributed by atoms with Crippen molar-refractivity contribution >= 4 is 49.1 Å². The number of carbonyl (C=O) groups is 1. The van der Waals surface area contributed by atoms with Gasteiger partial charge in [0, 0.05) is 16.9 Å². The highest BCUT2D eigenvalue weighted by Gasteiger charge is 2.13. The molecule has 0 bridgehead atoms. The number of hydrogen-bond donors (Lipinski definition) is 2. The molecule has 3 N–H and O–H groups in total. The number of nitrogens with two attached hydrogens (primary N) is 1. The van der Waals surface area contributed by atoms with Gasteiger partial charge >= 0.3 is 0 Å². The number of amides is 1. The van der Waals surface area contributed by atoms with Crippen molar-refractivity contribution in [1.82, 2.24) is 4.98 Å². The summed E-state index contributed by atoms with van der Waals surface area (Å²) in [4.78, 5) is 15.8. The smallest absolute Gasteiger partial charge is 0.257 e. The summed E-state index contributed by atoms with van der Waals surface area (Å²) < 4.78 is 23.0. The molecule has 1 aromatic heterocycles. The van der Waals surface area contributed by atoms with Gasteiger partial charge in [0.25, 0.3) is 5.91 Å². The summed E-state index contributed by atoms with van der Waals surface area (Å²) in [7, 11) is -3.84. The van der Waals surface area contributed by atoms with Crippen LogP contribution in [0.1, 0.15) is 10.4 Å². The van der Waals surface area contributed by atoms with Crippen LogP contribution in [0.15, 0.2) is 46.0 Å². The Morgan fingerprint density at radius 1 is 1.29 bits per heavy atom. The Hall–Kier alpha value is -1.48. The monoisotopic (exact) mass is 389 g/mol. The van der Waals surface area contributed by atoms with Gasteiger partial charge in [-0.1, -0.05) is 11.6 Å². The molecule has 1 heterocycles. The third-order valence-corrected chi connectivity index (χ3v) is 4.14. The molecule has 0 spiro atoms. The van der Waals surface area contributed by atoms with E-state index in [0.29, 0.717) is 10.0 Å². The number of carbonyl (C=O) groups excluding carboxylic acids is 1. The second-order valence-electron chi connectivity index (χ2n) is 4.03. The number of sulfonamides is 1. The summed E-state index contributed by atoms with van der Waals surface area (Å²) in [6.45, 7) is 0. The van der Waals surface area contributed by atoms with E-state index in [4.69, 9.17) is 16.7 Å². The summed E-state index contributed by atoms with van der Waals surface area (Å²) >= 11 is 9.15. The van der Waals surface area contributed by atoms with Gasteiger partial charge in [0.2, 0.25) is 10.0 Å². The minimum Gasteiger partial charge on any atom is -0.321 e. The van der Waals surface area contributed by atoms with Gasteiger partial charge in [-0.3, -0.25) is 9.78 Å². The van der Waals surface area contributed by atoms with Gasteiger partial charge in [-0.25, -0.2) is 13.6 Å². The van der Waals surface area contributed by atoms with Crippen LogP contribution in [0.25, 0.3) is 0 Å². The topological polar surface area (TPSA) is 102 Å². The summed E-state index contributed by atoms with van der Waals surface area (Å²) in [6, 6.07) is 5.39. The SMILES string of the molecule is NS(=O)(=O)c1ccc(NC(=O)c2cncc(Br)c2)c(Cl)c1. The second kappa shape index (κ2) is 6.10. The first-order valence-corrected chi connectivity index (χ1v) is 8.23. The molecule has 0 saturated carbocycles. The van der Waals surface area contributed by atoms with E-state index in [9.17, 15) is 13.2 Å². The van der Waals surface area contributed by atoms with Crippen LogP contribution in [0, 0.1) is 0 Å². The molecule has 0 aliphatic carbocycles. The average Bonchev–Trinajstić information content (AvgIpc) is 2.39. The molecule has 1 aromatic carbocycles. The Labute approximate surface area is 134 Å². The summed E-state index contributed by atoms with van der Waals surface area (Å²) in [5.41, 5.74) is 0.602. The molecule has 6 nitrogen and oxygen atoms in total. The highest BCUT2D eigenvalue weighted by Crippen LogP contribution is 2.25. The number of nitrogens with one attached hydrogen (secondary N) is 1. The molecular formula is C12H9BrClN3O3S. The third kappa shape index (κ3) is 4.01. The fraction of sp³-hybridized carbons (Fsp3) is 0. The van der Waals surface area contributed by atoms with Crippen molar-refractivity contribution in [3.8, 4) is 0 Å². The van der Waals surface area contributed by atoms with E-state index in [1.807, 2.05) is 0 Å². The van der Waals surface area contributed by atoms with Crippen LogP contribution < -0.4 is 10.5 Å². The lowest BCUT2D eigenvalue weighted by Gasteiger charge is -2.08. The molecule has 0 aliphatic rings. The molecular weight excluding hydrogens is 382 g/mol. The number of nitrogens with zero attached hydrogens (tertiary/aromatic N) is 1. The van der Waals surface area contributed by atoms with Crippen molar-refractivity contribution in [2.24, 2.45) is 5.14 Å².